The molecule has 1 rings (SSSR count). The molecule has 0 bridgehead atoms. The van der Waals surface area contributed by atoms with Gasteiger partial charge in [-0.3, -0.25) is 4.79 Å². The maximum Gasteiger partial charge on any atom is 0.410 e. The van der Waals surface area contributed by atoms with Crippen LogP contribution in [0.15, 0.2) is 36.7 Å². The van der Waals surface area contributed by atoms with E-state index in [2.05, 4.69) is 11.9 Å². The summed E-state index contributed by atoms with van der Waals surface area (Å²) in [6.07, 6.45) is 4.72. The van der Waals surface area contributed by atoms with Crippen LogP contribution in [0.4, 0.5) is 9.18 Å². The maximum absolute atomic E-state index is 12.7. The zero-order chi connectivity index (χ0) is 14.3. The number of hydrogen-bond donors (Lipinski definition) is 1. The minimum absolute atomic E-state index is 0.167. The molecule has 1 unspecified atom stereocenters. The third kappa shape index (κ3) is 5.37. The smallest absolute Gasteiger partial charge is 0.410 e. The summed E-state index contributed by atoms with van der Waals surface area (Å²) >= 11 is 0. The van der Waals surface area contributed by atoms with E-state index in [0.717, 1.165) is 6.08 Å². The van der Waals surface area contributed by atoms with Crippen LogP contribution in [0.5, 0.6) is 0 Å². The standard InChI is InChI=1S/C13H17FN2O3/c1-3-11(14)6-4-5-7-16-9-12(19-13(16)18)8-15-10(2)17/h3-6,12H,1,7-9H2,2H3,(H,15,17)/b5-4-,11-6+. The van der Waals surface area contributed by atoms with Crippen LogP contribution in [0.2, 0.25) is 0 Å². The number of carbonyl (C=O) groups is 2. The van der Waals surface area contributed by atoms with Gasteiger partial charge in [-0.15, -0.1) is 0 Å². The van der Waals surface area contributed by atoms with Crippen LogP contribution in [0.1, 0.15) is 6.92 Å². The van der Waals surface area contributed by atoms with E-state index < -0.39 is 11.9 Å². The molecule has 1 fully saturated rings. The van der Waals surface area contributed by atoms with Gasteiger partial charge in [0.25, 0.3) is 0 Å². The predicted octanol–water partition coefficient (Wildman–Crippen LogP) is 1.54. The molecule has 1 N–H and O–H groups in total. The van der Waals surface area contributed by atoms with Crippen molar-refractivity contribution in [3.05, 3.63) is 36.7 Å². The summed E-state index contributed by atoms with van der Waals surface area (Å²) in [7, 11) is 0. The van der Waals surface area contributed by atoms with Gasteiger partial charge in [-0.2, -0.15) is 0 Å². The molecule has 0 aromatic rings. The monoisotopic (exact) mass is 268 g/mol. The normalized spacial score (nSPS) is 19.7. The Hall–Kier alpha value is -2.11. The molecule has 0 radical (unpaired) electrons. The first kappa shape index (κ1) is 14.9. The van der Waals surface area contributed by atoms with E-state index in [4.69, 9.17) is 4.74 Å². The highest BCUT2D eigenvalue weighted by Crippen LogP contribution is 2.10. The van der Waals surface area contributed by atoms with E-state index in [0.29, 0.717) is 19.6 Å². The SMILES string of the molecule is C=C/C(F)=C\C=C/CN1CC(CNC(C)=O)OC1=O. The number of cyclic esters (lactones) is 1. The van der Waals surface area contributed by atoms with E-state index in [9.17, 15) is 14.0 Å². The number of allylic oxidation sites excluding steroid dienone is 4. The average molecular weight is 268 g/mol. The number of halogens is 1. The van der Waals surface area contributed by atoms with E-state index in [1.807, 2.05) is 0 Å². The average Bonchev–Trinajstić information content (AvgIpc) is 2.72. The first-order valence-electron chi connectivity index (χ1n) is 5.87. The van der Waals surface area contributed by atoms with Crippen LogP contribution in [0.25, 0.3) is 0 Å². The van der Waals surface area contributed by atoms with Gasteiger partial charge in [0.15, 0.2) is 0 Å². The van der Waals surface area contributed by atoms with Gasteiger partial charge in [-0.25, -0.2) is 9.18 Å². The maximum atomic E-state index is 12.7. The molecule has 0 spiro atoms. The quantitative estimate of drug-likeness (QED) is 0.743. The van der Waals surface area contributed by atoms with Crippen molar-refractivity contribution in [1.29, 1.82) is 0 Å². The molecule has 1 atom stereocenters. The summed E-state index contributed by atoms with van der Waals surface area (Å²) in [6, 6.07) is 0. The van der Waals surface area contributed by atoms with Crippen molar-refractivity contribution in [3.63, 3.8) is 0 Å². The second kappa shape index (κ2) is 7.35. The molecule has 0 aromatic carbocycles. The Morgan fingerprint density at radius 2 is 2.42 bits per heavy atom. The Morgan fingerprint density at radius 1 is 1.68 bits per heavy atom. The Morgan fingerprint density at radius 3 is 3.05 bits per heavy atom. The zero-order valence-electron chi connectivity index (χ0n) is 10.8. The summed E-state index contributed by atoms with van der Waals surface area (Å²) in [5, 5.41) is 2.59. The topological polar surface area (TPSA) is 58.6 Å². The lowest BCUT2D eigenvalue weighted by molar-refractivity contribution is -0.119. The van der Waals surface area contributed by atoms with Crippen LogP contribution in [-0.2, 0) is 9.53 Å². The van der Waals surface area contributed by atoms with Gasteiger partial charge in [0.1, 0.15) is 11.9 Å². The van der Waals surface area contributed by atoms with Gasteiger partial charge in [0.05, 0.1) is 13.1 Å². The van der Waals surface area contributed by atoms with Crippen LogP contribution in [0, 0.1) is 0 Å². The molecular formula is C13H17FN2O3. The molecule has 19 heavy (non-hydrogen) atoms. The third-order valence-corrected chi connectivity index (χ3v) is 2.44. The van der Waals surface area contributed by atoms with Crippen molar-refractivity contribution >= 4 is 12.0 Å². The highest BCUT2D eigenvalue weighted by Gasteiger charge is 2.30. The van der Waals surface area contributed by atoms with E-state index in [1.165, 1.54) is 24.0 Å². The van der Waals surface area contributed by atoms with Crippen LogP contribution in [0.3, 0.4) is 0 Å². The zero-order valence-corrected chi connectivity index (χ0v) is 10.8. The highest BCUT2D eigenvalue weighted by molar-refractivity contribution is 5.73. The molecule has 1 aliphatic heterocycles. The molecule has 1 heterocycles. The molecule has 104 valence electrons. The van der Waals surface area contributed by atoms with Crippen LogP contribution < -0.4 is 5.32 Å². The summed E-state index contributed by atoms with van der Waals surface area (Å²) in [6.45, 7) is 5.71. The fraction of sp³-hybridized carbons (Fsp3) is 0.385. The fourth-order valence-electron chi connectivity index (χ4n) is 1.50. The number of amides is 2. The van der Waals surface area contributed by atoms with Crippen LogP contribution >= 0.6 is 0 Å². The first-order chi connectivity index (χ1) is 9.02. The third-order valence-electron chi connectivity index (χ3n) is 2.44. The number of carbonyl (C=O) groups excluding carboxylic acids is 2. The highest BCUT2D eigenvalue weighted by atomic mass is 19.1. The molecule has 6 heteroatoms. The van der Waals surface area contributed by atoms with Crippen molar-refractivity contribution in [2.24, 2.45) is 0 Å². The predicted molar refractivity (Wildman–Crippen MR) is 69.1 cm³/mol. The number of nitrogens with zero attached hydrogens (tertiary/aromatic N) is 1. The number of rotatable bonds is 6. The molecule has 5 nitrogen and oxygen atoms in total. The summed E-state index contributed by atoms with van der Waals surface area (Å²) < 4.78 is 17.8. The lowest BCUT2D eigenvalue weighted by Gasteiger charge is -2.09. The van der Waals surface area contributed by atoms with Crippen molar-refractivity contribution < 1.29 is 18.7 Å². The summed E-state index contributed by atoms with van der Waals surface area (Å²) in [4.78, 5) is 23.7. The molecular weight excluding hydrogens is 251 g/mol. The first-order valence-corrected chi connectivity index (χ1v) is 5.87. The van der Waals surface area contributed by atoms with Crippen molar-refractivity contribution in [2.75, 3.05) is 19.6 Å². The molecule has 0 aromatic heterocycles. The van der Waals surface area contributed by atoms with E-state index in [-0.39, 0.29) is 12.0 Å². The second-order valence-corrected chi connectivity index (χ2v) is 4.03. The molecule has 0 saturated carbocycles. The molecule has 1 saturated heterocycles. The lowest BCUT2D eigenvalue weighted by Crippen LogP contribution is -2.33. The molecule has 1 aliphatic rings. The Kier molecular flexibility index (Phi) is 5.78. The molecule has 0 aliphatic carbocycles. The van der Waals surface area contributed by atoms with Crippen molar-refractivity contribution in [1.82, 2.24) is 10.2 Å². The minimum Gasteiger partial charge on any atom is -0.442 e. The van der Waals surface area contributed by atoms with Gasteiger partial charge >= 0.3 is 6.09 Å². The minimum atomic E-state index is -0.441. The van der Waals surface area contributed by atoms with E-state index >= 15 is 0 Å². The van der Waals surface area contributed by atoms with Crippen molar-refractivity contribution in [3.8, 4) is 0 Å². The summed E-state index contributed by atoms with van der Waals surface area (Å²) in [5.41, 5.74) is 0. The Labute approximate surface area is 111 Å². The number of ether oxygens (including phenoxy) is 1. The fourth-order valence-corrected chi connectivity index (χ4v) is 1.50. The van der Waals surface area contributed by atoms with Crippen LogP contribution in [-0.4, -0.2) is 42.6 Å². The lowest BCUT2D eigenvalue weighted by atomic mass is 10.3. The Bertz CT molecular complexity index is 418. The van der Waals surface area contributed by atoms with Gasteiger partial charge in [-0.1, -0.05) is 18.7 Å². The summed E-state index contributed by atoms with van der Waals surface area (Å²) in [5.74, 6) is -0.608. The van der Waals surface area contributed by atoms with Gasteiger partial charge in [0.2, 0.25) is 5.91 Å². The number of nitrogens with one attached hydrogen (secondary N) is 1. The second-order valence-electron chi connectivity index (χ2n) is 4.03. The Balaban J connectivity index is 2.37. The van der Waals surface area contributed by atoms with Crippen molar-refractivity contribution in [2.45, 2.75) is 13.0 Å². The molecule has 2 amide bonds. The number of hydrogen-bond acceptors (Lipinski definition) is 3. The van der Waals surface area contributed by atoms with Gasteiger partial charge in [0, 0.05) is 13.5 Å². The van der Waals surface area contributed by atoms with Gasteiger partial charge < -0.3 is 15.0 Å². The largest absolute Gasteiger partial charge is 0.442 e. The van der Waals surface area contributed by atoms with Gasteiger partial charge in [-0.05, 0) is 12.2 Å². The van der Waals surface area contributed by atoms with E-state index in [1.54, 1.807) is 6.08 Å².